The first-order chi connectivity index (χ1) is 9.97. The van der Waals surface area contributed by atoms with Crippen molar-refractivity contribution in [3.8, 4) is 11.5 Å². The largest absolute Gasteiger partial charge is 0.493 e. The molecule has 7 heteroatoms. The second-order valence-electron chi connectivity index (χ2n) is 4.31. The number of nitrogens with one attached hydrogen (secondary N) is 1. The van der Waals surface area contributed by atoms with Crippen molar-refractivity contribution in [1.82, 2.24) is 10.2 Å². The van der Waals surface area contributed by atoms with Crippen LogP contribution < -0.4 is 14.8 Å². The molecule has 0 aromatic heterocycles. The molecule has 112 valence electrons. The van der Waals surface area contributed by atoms with Crippen LogP contribution in [0.25, 0.3) is 6.08 Å². The summed E-state index contributed by atoms with van der Waals surface area (Å²) in [6, 6.07) is 3.06. The first-order valence-corrected chi connectivity index (χ1v) is 7.08. The number of carbonyl (C=O) groups excluding carboxylic acids is 2. The number of carbonyl (C=O) groups is 2. The van der Waals surface area contributed by atoms with E-state index in [0.29, 0.717) is 23.7 Å². The Morgan fingerprint density at radius 1 is 1.33 bits per heavy atom. The first kappa shape index (κ1) is 15.4. The number of rotatable bonds is 4. The van der Waals surface area contributed by atoms with E-state index in [1.54, 1.807) is 25.3 Å². The van der Waals surface area contributed by atoms with Gasteiger partial charge >= 0.3 is 6.03 Å². The van der Waals surface area contributed by atoms with Gasteiger partial charge in [-0.25, -0.2) is 4.79 Å². The molecule has 0 atom stereocenters. The molecule has 21 heavy (non-hydrogen) atoms. The number of hydrogen-bond acceptors (Lipinski definition) is 4. The van der Waals surface area contributed by atoms with Crippen molar-refractivity contribution in [1.29, 1.82) is 0 Å². The zero-order chi connectivity index (χ0) is 15.6. The number of methoxy groups -OCH3 is 1. The average Bonchev–Trinajstić information content (AvgIpc) is 2.70. The van der Waals surface area contributed by atoms with Crippen molar-refractivity contribution in [3.05, 3.63) is 27.9 Å². The zero-order valence-corrected chi connectivity index (χ0v) is 13.5. The maximum Gasteiger partial charge on any atom is 0.328 e. The lowest BCUT2D eigenvalue weighted by Gasteiger charge is -2.11. The predicted octanol–water partition coefficient (Wildman–Crippen LogP) is 2.38. The molecule has 0 radical (unpaired) electrons. The Morgan fingerprint density at radius 2 is 2.05 bits per heavy atom. The fourth-order valence-corrected chi connectivity index (χ4v) is 2.30. The Labute approximate surface area is 130 Å². The van der Waals surface area contributed by atoms with Gasteiger partial charge in [0.25, 0.3) is 5.91 Å². The minimum atomic E-state index is -0.444. The second-order valence-corrected chi connectivity index (χ2v) is 5.16. The molecule has 1 saturated heterocycles. The summed E-state index contributed by atoms with van der Waals surface area (Å²) in [6.45, 7) is 2.36. The highest BCUT2D eigenvalue weighted by Crippen LogP contribution is 2.34. The van der Waals surface area contributed by atoms with Gasteiger partial charge in [0, 0.05) is 11.5 Å². The Kier molecular flexibility index (Phi) is 4.52. The molecule has 1 fully saturated rings. The summed E-state index contributed by atoms with van der Waals surface area (Å²) in [7, 11) is 2.98. The molecule has 0 unspecified atom stereocenters. The average molecular weight is 355 g/mol. The summed E-state index contributed by atoms with van der Waals surface area (Å²) >= 11 is 3.41. The van der Waals surface area contributed by atoms with Crippen molar-refractivity contribution >= 4 is 33.9 Å². The Morgan fingerprint density at radius 3 is 2.57 bits per heavy atom. The number of halogens is 1. The molecule has 1 heterocycles. The maximum atomic E-state index is 11.9. The van der Waals surface area contributed by atoms with Crippen molar-refractivity contribution in [2.75, 3.05) is 20.8 Å². The van der Waals surface area contributed by atoms with Gasteiger partial charge in [-0.15, -0.1) is 0 Å². The van der Waals surface area contributed by atoms with E-state index in [4.69, 9.17) is 9.47 Å². The van der Waals surface area contributed by atoms with Crippen molar-refractivity contribution in [2.45, 2.75) is 6.92 Å². The van der Waals surface area contributed by atoms with Gasteiger partial charge in [-0.3, -0.25) is 9.69 Å². The van der Waals surface area contributed by atoms with Crippen LogP contribution in [0.1, 0.15) is 12.5 Å². The van der Waals surface area contributed by atoms with Gasteiger partial charge in [0.1, 0.15) is 5.70 Å². The molecular formula is C14H15BrN2O4. The fourth-order valence-electron chi connectivity index (χ4n) is 1.87. The Bertz CT molecular complexity index is 628. The summed E-state index contributed by atoms with van der Waals surface area (Å²) in [5.74, 6) is 0.783. The van der Waals surface area contributed by atoms with E-state index in [1.165, 1.54) is 7.05 Å². The van der Waals surface area contributed by atoms with E-state index >= 15 is 0 Å². The van der Waals surface area contributed by atoms with Crippen LogP contribution in [0.5, 0.6) is 11.5 Å². The number of urea groups is 1. The lowest BCUT2D eigenvalue weighted by atomic mass is 10.1. The third-order valence-electron chi connectivity index (χ3n) is 2.96. The SMILES string of the molecule is CCOc1cc(/C=C2/NC(=O)N(C)C2=O)c(Br)cc1OC. The molecule has 0 aliphatic carbocycles. The molecule has 1 aliphatic heterocycles. The van der Waals surface area contributed by atoms with E-state index in [0.717, 1.165) is 9.37 Å². The first-order valence-electron chi connectivity index (χ1n) is 6.29. The minimum absolute atomic E-state index is 0.218. The standard InChI is InChI=1S/C14H15BrN2O4/c1-4-21-12-6-8(9(15)7-11(12)20-3)5-10-13(18)17(2)14(19)16-10/h5-7H,4H2,1-3H3,(H,16,19)/b10-5+. The number of imide groups is 1. The van der Waals surface area contributed by atoms with Crippen molar-refractivity contribution < 1.29 is 19.1 Å². The van der Waals surface area contributed by atoms with Crippen LogP contribution in [0.15, 0.2) is 22.3 Å². The monoisotopic (exact) mass is 354 g/mol. The minimum Gasteiger partial charge on any atom is -0.493 e. The molecule has 0 saturated carbocycles. The Hall–Kier alpha value is -2.02. The van der Waals surface area contributed by atoms with Crippen LogP contribution in [0, 0.1) is 0 Å². The number of benzene rings is 1. The molecule has 1 aromatic carbocycles. The zero-order valence-electron chi connectivity index (χ0n) is 11.9. The van der Waals surface area contributed by atoms with Gasteiger partial charge in [0.05, 0.1) is 13.7 Å². The highest BCUT2D eigenvalue weighted by molar-refractivity contribution is 9.10. The quantitative estimate of drug-likeness (QED) is 0.665. The predicted molar refractivity (Wildman–Crippen MR) is 81.1 cm³/mol. The van der Waals surface area contributed by atoms with E-state index in [1.807, 2.05) is 6.92 Å². The highest BCUT2D eigenvalue weighted by atomic mass is 79.9. The molecular weight excluding hydrogens is 340 g/mol. The molecule has 1 N–H and O–H groups in total. The maximum absolute atomic E-state index is 11.9. The van der Waals surface area contributed by atoms with Crippen LogP contribution in [-0.2, 0) is 4.79 Å². The lowest BCUT2D eigenvalue weighted by Crippen LogP contribution is -2.25. The van der Waals surface area contributed by atoms with Gasteiger partial charge in [-0.1, -0.05) is 15.9 Å². The smallest absolute Gasteiger partial charge is 0.328 e. The van der Waals surface area contributed by atoms with Crippen molar-refractivity contribution in [2.24, 2.45) is 0 Å². The fraction of sp³-hybridized carbons (Fsp3) is 0.286. The van der Waals surface area contributed by atoms with Gasteiger partial charge in [0.15, 0.2) is 11.5 Å². The summed E-state index contributed by atoms with van der Waals surface area (Å²) in [5.41, 5.74) is 0.925. The third-order valence-corrected chi connectivity index (χ3v) is 3.65. The van der Waals surface area contributed by atoms with Gasteiger partial charge < -0.3 is 14.8 Å². The summed E-state index contributed by atoms with van der Waals surface area (Å²) in [6.07, 6.45) is 1.59. The normalized spacial score (nSPS) is 16.4. The van der Waals surface area contributed by atoms with Crippen LogP contribution >= 0.6 is 15.9 Å². The summed E-state index contributed by atoms with van der Waals surface area (Å²) in [5, 5.41) is 2.51. The topological polar surface area (TPSA) is 67.9 Å². The number of likely N-dealkylation sites (N-methyl/N-ethyl adjacent to an activating group) is 1. The van der Waals surface area contributed by atoms with Gasteiger partial charge in [-0.05, 0) is 30.7 Å². The molecule has 1 aliphatic rings. The molecule has 3 amide bonds. The van der Waals surface area contributed by atoms with Crippen LogP contribution in [-0.4, -0.2) is 37.6 Å². The number of nitrogens with zero attached hydrogens (tertiary/aromatic N) is 1. The second kappa shape index (κ2) is 6.17. The number of hydrogen-bond donors (Lipinski definition) is 1. The molecule has 1 aromatic rings. The number of ether oxygens (including phenoxy) is 2. The van der Waals surface area contributed by atoms with E-state index in [9.17, 15) is 9.59 Å². The number of amides is 3. The van der Waals surface area contributed by atoms with E-state index in [-0.39, 0.29) is 11.6 Å². The van der Waals surface area contributed by atoms with Crippen LogP contribution in [0.2, 0.25) is 0 Å². The molecule has 6 nitrogen and oxygen atoms in total. The summed E-state index contributed by atoms with van der Waals surface area (Å²) in [4.78, 5) is 24.3. The molecule has 2 rings (SSSR count). The van der Waals surface area contributed by atoms with Crippen LogP contribution in [0.4, 0.5) is 4.79 Å². The highest BCUT2D eigenvalue weighted by Gasteiger charge is 2.30. The summed E-state index contributed by atoms with van der Waals surface area (Å²) < 4.78 is 11.5. The van der Waals surface area contributed by atoms with E-state index in [2.05, 4.69) is 21.2 Å². The van der Waals surface area contributed by atoms with Crippen LogP contribution in [0.3, 0.4) is 0 Å². The van der Waals surface area contributed by atoms with Gasteiger partial charge in [-0.2, -0.15) is 0 Å². The third kappa shape index (κ3) is 3.02. The molecule has 0 spiro atoms. The molecule has 0 bridgehead atoms. The lowest BCUT2D eigenvalue weighted by molar-refractivity contribution is -0.121. The Balaban J connectivity index is 2.43. The van der Waals surface area contributed by atoms with E-state index < -0.39 is 6.03 Å². The van der Waals surface area contributed by atoms with Crippen molar-refractivity contribution in [3.63, 3.8) is 0 Å². The van der Waals surface area contributed by atoms with Gasteiger partial charge in [0.2, 0.25) is 0 Å².